The van der Waals surface area contributed by atoms with Crippen LogP contribution < -0.4 is 10.6 Å². The maximum absolute atomic E-state index is 13.6. The Kier molecular flexibility index (Phi) is 4.73. The summed E-state index contributed by atoms with van der Waals surface area (Å²) < 4.78 is 13.6. The van der Waals surface area contributed by atoms with Gasteiger partial charge in [-0.3, -0.25) is 4.98 Å². The van der Waals surface area contributed by atoms with Gasteiger partial charge in [0, 0.05) is 24.5 Å². The Bertz CT molecular complexity index is 764. The molecule has 116 valence electrons. The third kappa shape index (κ3) is 4.23. The molecule has 0 unspecified atom stereocenters. The highest BCUT2D eigenvalue weighted by molar-refractivity contribution is 5.40. The Morgan fingerprint density at radius 1 is 0.826 bits per heavy atom. The summed E-state index contributed by atoms with van der Waals surface area (Å²) in [5.74, 6) is 0.880. The van der Waals surface area contributed by atoms with Gasteiger partial charge in [0.2, 0.25) is 5.95 Å². The summed E-state index contributed by atoms with van der Waals surface area (Å²) in [5, 5.41) is 6.21. The van der Waals surface area contributed by atoms with Crippen LogP contribution in [0.2, 0.25) is 0 Å². The second kappa shape index (κ2) is 7.31. The normalized spacial score (nSPS) is 10.3. The number of hydrogen-bond acceptors (Lipinski definition) is 5. The van der Waals surface area contributed by atoms with E-state index in [0.717, 1.165) is 5.69 Å². The van der Waals surface area contributed by atoms with E-state index in [4.69, 9.17) is 0 Å². The van der Waals surface area contributed by atoms with Crippen LogP contribution in [0.5, 0.6) is 0 Å². The van der Waals surface area contributed by atoms with Gasteiger partial charge in [-0.1, -0.05) is 24.3 Å². The number of anilines is 2. The highest BCUT2D eigenvalue weighted by Gasteiger charge is 2.03. The zero-order valence-electron chi connectivity index (χ0n) is 12.4. The van der Waals surface area contributed by atoms with Crippen LogP contribution in [0.3, 0.4) is 0 Å². The average molecular weight is 309 g/mol. The molecule has 0 aliphatic rings. The zero-order valence-corrected chi connectivity index (χ0v) is 12.4. The van der Waals surface area contributed by atoms with E-state index < -0.39 is 0 Å². The van der Waals surface area contributed by atoms with Crippen LogP contribution in [-0.2, 0) is 13.1 Å². The Balaban J connectivity index is 1.60. The van der Waals surface area contributed by atoms with Gasteiger partial charge >= 0.3 is 0 Å². The van der Waals surface area contributed by atoms with Crippen molar-refractivity contribution in [3.05, 3.63) is 78.0 Å². The third-order valence-corrected chi connectivity index (χ3v) is 3.23. The van der Waals surface area contributed by atoms with E-state index in [2.05, 4.69) is 25.6 Å². The van der Waals surface area contributed by atoms with Crippen molar-refractivity contribution in [1.82, 2.24) is 15.0 Å². The fourth-order valence-corrected chi connectivity index (χ4v) is 2.04. The van der Waals surface area contributed by atoms with Gasteiger partial charge in [0.1, 0.15) is 11.6 Å². The summed E-state index contributed by atoms with van der Waals surface area (Å²) in [7, 11) is 0. The molecule has 5 nitrogen and oxygen atoms in total. The Labute approximate surface area is 133 Å². The number of hydrogen-bond donors (Lipinski definition) is 2. The lowest BCUT2D eigenvalue weighted by atomic mass is 10.2. The Morgan fingerprint density at radius 3 is 2.52 bits per heavy atom. The molecule has 3 rings (SSSR count). The van der Waals surface area contributed by atoms with Crippen LogP contribution in [0.4, 0.5) is 16.2 Å². The van der Waals surface area contributed by atoms with Gasteiger partial charge in [-0.15, -0.1) is 0 Å². The number of halogens is 1. The topological polar surface area (TPSA) is 62.7 Å². The largest absolute Gasteiger partial charge is 0.364 e. The van der Waals surface area contributed by atoms with E-state index in [1.54, 1.807) is 36.7 Å². The van der Waals surface area contributed by atoms with Crippen molar-refractivity contribution in [1.29, 1.82) is 0 Å². The predicted octanol–water partition coefficient (Wildman–Crippen LogP) is 3.23. The quantitative estimate of drug-likeness (QED) is 0.732. The molecule has 0 spiro atoms. The van der Waals surface area contributed by atoms with Crippen LogP contribution in [-0.4, -0.2) is 15.0 Å². The lowest BCUT2D eigenvalue weighted by Crippen LogP contribution is -2.08. The molecule has 3 aromatic rings. The van der Waals surface area contributed by atoms with Crippen LogP contribution in [0.25, 0.3) is 0 Å². The molecule has 6 heteroatoms. The SMILES string of the molecule is Fc1ccccc1CNc1nccc(NCc2ccccn2)n1. The van der Waals surface area contributed by atoms with Crippen molar-refractivity contribution in [3.8, 4) is 0 Å². The Hall–Kier alpha value is -3.02. The fraction of sp³-hybridized carbons (Fsp3) is 0.118. The van der Waals surface area contributed by atoms with Crippen molar-refractivity contribution in [3.63, 3.8) is 0 Å². The molecule has 0 bridgehead atoms. The monoisotopic (exact) mass is 309 g/mol. The van der Waals surface area contributed by atoms with E-state index in [1.165, 1.54) is 6.07 Å². The summed E-state index contributed by atoms with van der Waals surface area (Å²) in [5.41, 5.74) is 1.50. The number of nitrogens with one attached hydrogen (secondary N) is 2. The van der Waals surface area contributed by atoms with Gasteiger partial charge in [-0.05, 0) is 24.3 Å². The Morgan fingerprint density at radius 2 is 1.70 bits per heavy atom. The van der Waals surface area contributed by atoms with Gasteiger partial charge in [0.05, 0.1) is 12.2 Å². The molecule has 0 amide bonds. The molecule has 2 aromatic heterocycles. The predicted molar refractivity (Wildman–Crippen MR) is 87.3 cm³/mol. The summed E-state index contributed by atoms with van der Waals surface area (Å²) in [4.78, 5) is 12.7. The molecule has 0 aliphatic heterocycles. The van der Waals surface area contributed by atoms with Gasteiger partial charge in [0.15, 0.2) is 0 Å². The van der Waals surface area contributed by atoms with Crippen molar-refractivity contribution >= 4 is 11.8 Å². The average Bonchev–Trinajstić information content (AvgIpc) is 2.61. The minimum absolute atomic E-state index is 0.246. The molecule has 2 heterocycles. The summed E-state index contributed by atoms with van der Waals surface area (Å²) in [6.07, 6.45) is 3.40. The second-order valence-electron chi connectivity index (χ2n) is 4.89. The molecule has 0 radical (unpaired) electrons. The molecule has 0 atom stereocenters. The van der Waals surface area contributed by atoms with E-state index >= 15 is 0 Å². The van der Waals surface area contributed by atoms with Gasteiger partial charge in [0.25, 0.3) is 0 Å². The van der Waals surface area contributed by atoms with Crippen LogP contribution in [0.1, 0.15) is 11.3 Å². The van der Waals surface area contributed by atoms with Crippen molar-refractivity contribution in [2.75, 3.05) is 10.6 Å². The first kappa shape index (κ1) is 14.9. The van der Waals surface area contributed by atoms with E-state index in [-0.39, 0.29) is 5.82 Å². The van der Waals surface area contributed by atoms with E-state index in [0.29, 0.717) is 30.4 Å². The van der Waals surface area contributed by atoms with E-state index in [1.807, 2.05) is 18.2 Å². The zero-order chi connectivity index (χ0) is 15.9. The molecular weight excluding hydrogens is 293 g/mol. The first-order valence-corrected chi connectivity index (χ1v) is 7.25. The van der Waals surface area contributed by atoms with Gasteiger partial charge in [-0.2, -0.15) is 4.98 Å². The highest BCUT2D eigenvalue weighted by atomic mass is 19.1. The molecule has 0 saturated heterocycles. The van der Waals surface area contributed by atoms with Gasteiger partial charge < -0.3 is 10.6 Å². The number of nitrogens with zero attached hydrogens (tertiary/aromatic N) is 3. The van der Waals surface area contributed by atoms with Crippen molar-refractivity contribution in [2.45, 2.75) is 13.1 Å². The molecule has 0 aliphatic carbocycles. The molecule has 0 fully saturated rings. The summed E-state index contributed by atoms with van der Waals surface area (Å²) in [6.45, 7) is 0.904. The van der Waals surface area contributed by atoms with Crippen LogP contribution >= 0.6 is 0 Å². The third-order valence-electron chi connectivity index (χ3n) is 3.23. The van der Waals surface area contributed by atoms with E-state index in [9.17, 15) is 4.39 Å². The first-order chi connectivity index (χ1) is 11.3. The fourth-order valence-electron chi connectivity index (χ4n) is 2.04. The number of rotatable bonds is 6. The summed E-state index contributed by atoms with van der Waals surface area (Å²) in [6, 6.07) is 14.1. The standard InChI is InChI=1S/C17H16FN5/c18-15-7-2-1-5-13(15)11-22-17-20-10-8-16(23-17)21-12-14-6-3-4-9-19-14/h1-10H,11-12H2,(H2,20,21,22,23). The highest BCUT2D eigenvalue weighted by Crippen LogP contribution is 2.11. The van der Waals surface area contributed by atoms with Crippen LogP contribution in [0.15, 0.2) is 60.9 Å². The second-order valence-corrected chi connectivity index (χ2v) is 4.89. The summed E-state index contributed by atoms with van der Waals surface area (Å²) >= 11 is 0. The minimum atomic E-state index is -0.246. The first-order valence-electron chi connectivity index (χ1n) is 7.25. The number of benzene rings is 1. The maximum Gasteiger partial charge on any atom is 0.224 e. The maximum atomic E-state index is 13.6. The van der Waals surface area contributed by atoms with Gasteiger partial charge in [-0.25, -0.2) is 9.37 Å². The molecular formula is C17H16FN5. The van der Waals surface area contributed by atoms with Crippen LogP contribution in [0, 0.1) is 5.82 Å². The van der Waals surface area contributed by atoms with Crippen molar-refractivity contribution < 1.29 is 4.39 Å². The lowest BCUT2D eigenvalue weighted by molar-refractivity contribution is 0.612. The molecule has 0 saturated carbocycles. The molecule has 1 aromatic carbocycles. The lowest BCUT2D eigenvalue weighted by Gasteiger charge is -2.08. The van der Waals surface area contributed by atoms with Crippen molar-refractivity contribution in [2.24, 2.45) is 0 Å². The molecule has 2 N–H and O–H groups in total. The minimum Gasteiger partial charge on any atom is -0.364 e. The number of aromatic nitrogens is 3. The smallest absolute Gasteiger partial charge is 0.224 e. The molecule has 23 heavy (non-hydrogen) atoms. The number of pyridine rings is 1.